The zero-order valence-corrected chi connectivity index (χ0v) is 11.1. The van der Waals surface area contributed by atoms with Crippen LogP contribution in [0.1, 0.15) is 19.8 Å². The zero-order chi connectivity index (χ0) is 12.3. The van der Waals surface area contributed by atoms with Crippen LogP contribution < -0.4 is 15.4 Å². The van der Waals surface area contributed by atoms with Gasteiger partial charge in [-0.25, -0.2) is 0 Å². The third-order valence-electron chi connectivity index (χ3n) is 2.98. The first-order chi connectivity index (χ1) is 8.26. The SMILES string of the molecule is CCN(CC1CCCO1)c1snc(N)c1OC. The fourth-order valence-corrected chi connectivity index (χ4v) is 2.93. The number of methoxy groups -OCH3 is 1. The van der Waals surface area contributed by atoms with Crippen molar-refractivity contribution in [1.29, 1.82) is 0 Å². The number of likely N-dealkylation sites (N-methyl/N-ethyl adjacent to an activating group) is 1. The molecule has 1 fully saturated rings. The van der Waals surface area contributed by atoms with E-state index >= 15 is 0 Å². The standard InChI is InChI=1S/C11H19N3O2S/c1-3-14(7-8-5-4-6-16-8)11-9(15-2)10(12)13-17-11/h8H,3-7H2,1-2H3,(H2,12,13). The van der Waals surface area contributed by atoms with E-state index in [-0.39, 0.29) is 0 Å². The average Bonchev–Trinajstić information content (AvgIpc) is 2.95. The summed E-state index contributed by atoms with van der Waals surface area (Å²) in [4.78, 5) is 2.23. The second kappa shape index (κ2) is 5.55. The molecule has 2 heterocycles. The summed E-state index contributed by atoms with van der Waals surface area (Å²) in [6, 6.07) is 0. The average molecular weight is 257 g/mol. The summed E-state index contributed by atoms with van der Waals surface area (Å²) in [5, 5.41) is 1.00. The Morgan fingerprint density at radius 3 is 3.06 bits per heavy atom. The summed E-state index contributed by atoms with van der Waals surface area (Å²) in [6.45, 7) is 4.78. The van der Waals surface area contributed by atoms with Crippen LogP contribution in [0.5, 0.6) is 5.75 Å². The first kappa shape index (κ1) is 12.4. The molecule has 96 valence electrons. The lowest BCUT2D eigenvalue weighted by atomic mass is 10.2. The number of aromatic nitrogens is 1. The molecule has 1 unspecified atom stereocenters. The lowest BCUT2D eigenvalue weighted by molar-refractivity contribution is 0.116. The monoisotopic (exact) mass is 257 g/mol. The number of nitrogen functional groups attached to an aromatic ring is 1. The summed E-state index contributed by atoms with van der Waals surface area (Å²) in [6.07, 6.45) is 2.61. The fourth-order valence-electron chi connectivity index (χ4n) is 2.07. The molecule has 1 aliphatic rings. The minimum atomic E-state index is 0.322. The highest BCUT2D eigenvalue weighted by molar-refractivity contribution is 7.11. The predicted molar refractivity (Wildman–Crippen MR) is 69.9 cm³/mol. The molecule has 1 aromatic rings. The van der Waals surface area contributed by atoms with Crippen LogP contribution in [0.3, 0.4) is 0 Å². The molecular weight excluding hydrogens is 238 g/mol. The molecule has 5 nitrogen and oxygen atoms in total. The van der Waals surface area contributed by atoms with E-state index in [4.69, 9.17) is 15.2 Å². The molecule has 0 aliphatic carbocycles. The topological polar surface area (TPSA) is 60.6 Å². The summed E-state index contributed by atoms with van der Waals surface area (Å²) in [5.41, 5.74) is 5.77. The number of hydrogen-bond acceptors (Lipinski definition) is 6. The quantitative estimate of drug-likeness (QED) is 0.870. The van der Waals surface area contributed by atoms with Gasteiger partial charge >= 0.3 is 0 Å². The van der Waals surface area contributed by atoms with E-state index in [1.54, 1.807) is 7.11 Å². The molecule has 6 heteroatoms. The molecule has 1 aromatic heterocycles. The molecule has 0 spiro atoms. The normalized spacial score (nSPS) is 19.5. The molecule has 0 amide bonds. The van der Waals surface area contributed by atoms with Crippen molar-refractivity contribution in [3.8, 4) is 5.75 Å². The van der Waals surface area contributed by atoms with Crippen LogP contribution in [-0.2, 0) is 4.74 Å². The molecule has 17 heavy (non-hydrogen) atoms. The molecule has 0 saturated carbocycles. The first-order valence-corrected chi connectivity index (χ1v) is 6.69. The minimum Gasteiger partial charge on any atom is -0.490 e. The van der Waals surface area contributed by atoms with E-state index in [0.717, 1.165) is 37.5 Å². The van der Waals surface area contributed by atoms with Crippen LogP contribution in [0.4, 0.5) is 10.8 Å². The van der Waals surface area contributed by atoms with E-state index in [1.807, 2.05) is 0 Å². The van der Waals surface area contributed by atoms with Gasteiger partial charge < -0.3 is 20.1 Å². The molecule has 1 saturated heterocycles. The van der Waals surface area contributed by atoms with Crippen molar-refractivity contribution in [2.75, 3.05) is 37.4 Å². The Bertz CT molecular complexity index is 364. The van der Waals surface area contributed by atoms with Crippen LogP contribution >= 0.6 is 11.5 Å². The van der Waals surface area contributed by atoms with Crippen molar-refractivity contribution in [2.24, 2.45) is 0 Å². The van der Waals surface area contributed by atoms with Crippen molar-refractivity contribution in [3.63, 3.8) is 0 Å². The second-order valence-corrected chi connectivity index (χ2v) is 4.83. The molecular formula is C11H19N3O2S. The highest BCUT2D eigenvalue weighted by atomic mass is 32.1. The van der Waals surface area contributed by atoms with E-state index in [0.29, 0.717) is 17.7 Å². The van der Waals surface area contributed by atoms with Crippen LogP contribution in [0.25, 0.3) is 0 Å². The summed E-state index contributed by atoms with van der Waals surface area (Å²) in [5.74, 6) is 1.16. The van der Waals surface area contributed by atoms with E-state index in [9.17, 15) is 0 Å². The third kappa shape index (κ3) is 2.63. The number of nitrogens with two attached hydrogens (primary N) is 1. The smallest absolute Gasteiger partial charge is 0.197 e. The van der Waals surface area contributed by atoms with Gasteiger partial charge in [-0.3, -0.25) is 0 Å². The lowest BCUT2D eigenvalue weighted by Gasteiger charge is -2.24. The lowest BCUT2D eigenvalue weighted by Crippen LogP contribution is -2.31. The second-order valence-electron chi connectivity index (χ2n) is 4.08. The maximum Gasteiger partial charge on any atom is 0.197 e. The van der Waals surface area contributed by atoms with Crippen LogP contribution in [0.15, 0.2) is 0 Å². The molecule has 2 rings (SSSR count). The van der Waals surface area contributed by atoms with Gasteiger partial charge in [-0.2, -0.15) is 4.37 Å². The van der Waals surface area contributed by atoms with Crippen molar-refractivity contribution in [1.82, 2.24) is 4.37 Å². The van der Waals surface area contributed by atoms with Gasteiger partial charge in [0.1, 0.15) is 0 Å². The van der Waals surface area contributed by atoms with Crippen LogP contribution in [-0.4, -0.2) is 37.3 Å². The molecule has 1 aliphatic heterocycles. The molecule has 2 N–H and O–H groups in total. The summed E-state index contributed by atoms with van der Waals surface area (Å²) >= 11 is 1.39. The van der Waals surface area contributed by atoms with Crippen molar-refractivity contribution in [3.05, 3.63) is 0 Å². The summed E-state index contributed by atoms with van der Waals surface area (Å²) < 4.78 is 15.1. The van der Waals surface area contributed by atoms with Crippen molar-refractivity contribution < 1.29 is 9.47 Å². The number of anilines is 2. The van der Waals surface area contributed by atoms with Gasteiger partial charge in [-0.05, 0) is 31.3 Å². The first-order valence-electron chi connectivity index (χ1n) is 5.92. The van der Waals surface area contributed by atoms with E-state index in [1.165, 1.54) is 11.5 Å². The van der Waals surface area contributed by atoms with Gasteiger partial charge in [0.05, 0.1) is 13.2 Å². The highest BCUT2D eigenvalue weighted by Crippen LogP contribution is 2.38. The number of ether oxygens (including phenoxy) is 2. The van der Waals surface area contributed by atoms with Crippen LogP contribution in [0, 0.1) is 0 Å². The number of nitrogens with zero attached hydrogens (tertiary/aromatic N) is 2. The van der Waals surface area contributed by atoms with Crippen molar-refractivity contribution >= 4 is 22.4 Å². The largest absolute Gasteiger partial charge is 0.490 e. The summed E-state index contributed by atoms with van der Waals surface area (Å²) in [7, 11) is 1.63. The van der Waals surface area contributed by atoms with Crippen LogP contribution in [0.2, 0.25) is 0 Å². The Balaban J connectivity index is 2.10. The highest BCUT2D eigenvalue weighted by Gasteiger charge is 2.23. The molecule has 1 atom stereocenters. The maximum atomic E-state index is 5.77. The van der Waals surface area contributed by atoms with Gasteiger partial charge in [0.15, 0.2) is 16.6 Å². The van der Waals surface area contributed by atoms with Gasteiger partial charge in [-0.1, -0.05) is 0 Å². The van der Waals surface area contributed by atoms with Gasteiger partial charge in [-0.15, -0.1) is 0 Å². The minimum absolute atomic E-state index is 0.322. The van der Waals surface area contributed by atoms with E-state index in [2.05, 4.69) is 16.2 Å². The Kier molecular flexibility index (Phi) is 4.06. The Morgan fingerprint density at radius 1 is 1.65 bits per heavy atom. The molecule has 0 bridgehead atoms. The predicted octanol–water partition coefficient (Wildman–Crippen LogP) is 1.74. The fraction of sp³-hybridized carbons (Fsp3) is 0.727. The molecule has 0 radical (unpaired) electrons. The Labute approximate surface area is 106 Å². The Hall–Kier alpha value is -1.01. The number of rotatable bonds is 5. The van der Waals surface area contributed by atoms with Gasteiger partial charge in [0, 0.05) is 19.7 Å². The zero-order valence-electron chi connectivity index (χ0n) is 10.3. The van der Waals surface area contributed by atoms with Gasteiger partial charge in [0.25, 0.3) is 0 Å². The number of hydrogen-bond donors (Lipinski definition) is 1. The van der Waals surface area contributed by atoms with E-state index < -0.39 is 0 Å². The third-order valence-corrected chi connectivity index (χ3v) is 3.88. The maximum absolute atomic E-state index is 5.77. The van der Waals surface area contributed by atoms with Crippen molar-refractivity contribution in [2.45, 2.75) is 25.9 Å². The van der Waals surface area contributed by atoms with Gasteiger partial charge in [0.2, 0.25) is 0 Å². The Morgan fingerprint density at radius 2 is 2.47 bits per heavy atom. The molecule has 0 aromatic carbocycles.